The topological polar surface area (TPSA) is 72.2 Å². The summed E-state index contributed by atoms with van der Waals surface area (Å²) >= 11 is 0. The molecule has 2 rings (SSSR count). The molecule has 0 aromatic heterocycles. The molecule has 6 heteroatoms. The number of hydrogen-bond donors (Lipinski definition) is 2. The van der Waals surface area contributed by atoms with Gasteiger partial charge in [-0.05, 0) is 30.0 Å². The molecule has 0 bridgehead atoms. The minimum atomic E-state index is -3.69. The fraction of sp³-hybridized carbons (Fsp3) is 0.571. The van der Waals surface area contributed by atoms with Crippen molar-refractivity contribution in [2.24, 2.45) is 11.7 Å². The molecule has 0 atom stereocenters. The molecule has 1 saturated carbocycles. The second-order valence-electron chi connectivity index (χ2n) is 5.29. The van der Waals surface area contributed by atoms with Gasteiger partial charge in [0.25, 0.3) is 0 Å². The predicted octanol–water partition coefficient (Wildman–Crippen LogP) is 2.14. The van der Waals surface area contributed by atoms with E-state index in [4.69, 9.17) is 5.73 Å². The van der Waals surface area contributed by atoms with Crippen molar-refractivity contribution in [3.05, 3.63) is 29.6 Å². The molecule has 0 saturated heterocycles. The van der Waals surface area contributed by atoms with Gasteiger partial charge in [-0.2, -0.15) is 0 Å². The van der Waals surface area contributed by atoms with Crippen LogP contribution in [0.3, 0.4) is 0 Å². The molecule has 112 valence electrons. The Morgan fingerprint density at radius 2 is 2.00 bits per heavy atom. The van der Waals surface area contributed by atoms with Crippen LogP contribution in [0.1, 0.15) is 37.7 Å². The average molecular weight is 300 g/mol. The van der Waals surface area contributed by atoms with Gasteiger partial charge in [0, 0.05) is 13.1 Å². The van der Waals surface area contributed by atoms with Crippen LogP contribution in [0, 0.1) is 11.7 Å². The lowest BCUT2D eigenvalue weighted by Crippen LogP contribution is -2.27. The average Bonchev–Trinajstić information content (AvgIpc) is 2.91. The highest BCUT2D eigenvalue weighted by molar-refractivity contribution is 7.89. The Bertz CT molecular complexity index is 554. The fourth-order valence-corrected chi connectivity index (χ4v) is 4.03. The molecule has 0 spiro atoms. The summed E-state index contributed by atoms with van der Waals surface area (Å²) in [5.41, 5.74) is 5.94. The van der Waals surface area contributed by atoms with Crippen LogP contribution in [-0.4, -0.2) is 15.0 Å². The van der Waals surface area contributed by atoms with Crippen molar-refractivity contribution in [1.82, 2.24) is 4.72 Å². The van der Waals surface area contributed by atoms with Crippen LogP contribution in [0.25, 0.3) is 0 Å². The zero-order valence-corrected chi connectivity index (χ0v) is 12.3. The van der Waals surface area contributed by atoms with Crippen LogP contribution in [0.2, 0.25) is 0 Å². The van der Waals surface area contributed by atoms with Crippen LogP contribution >= 0.6 is 0 Å². The van der Waals surface area contributed by atoms with Crippen LogP contribution < -0.4 is 10.5 Å². The van der Waals surface area contributed by atoms with Gasteiger partial charge >= 0.3 is 0 Å². The van der Waals surface area contributed by atoms with Gasteiger partial charge in [-0.3, -0.25) is 0 Å². The summed E-state index contributed by atoms with van der Waals surface area (Å²) in [6.45, 7) is 0.465. The number of nitrogens with one attached hydrogen (secondary N) is 1. The van der Waals surface area contributed by atoms with E-state index in [9.17, 15) is 12.8 Å². The largest absolute Gasteiger partial charge is 0.326 e. The van der Waals surface area contributed by atoms with E-state index in [-0.39, 0.29) is 11.4 Å². The first-order valence-corrected chi connectivity index (χ1v) is 8.49. The second kappa shape index (κ2) is 6.65. The third-order valence-corrected chi connectivity index (χ3v) is 5.40. The summed E-state index contributed by atoms with van der Waals surface area (Å²) in [7, 11) is -3.69. The molecule has 0 aliphatic heterocycles. The molecule has 4 nitrogen and oxygen atoms in total. The van der Waals surface area contributed by atoms with E-state index in [1.807, 2.05) is 0 Å². The fourth-order valence-electron chi connectivity index (χ4n) is 2.72. The van der Waals surface area contributed by atoms with Crippen molar-refractivity contribution >= 4 is 10.0 Å². The molecule has 0 radical (unpaired) electrons. The van der Waals surface area contributed by atoms with E-state index < -0.39 is 15.8 Å². The van der Waals surface area contributed by atoms with Crippen molar-refractivity contribution in [3.8, 4) is 0 Å². The normalized spacial score (nSPS) is 16.7. The van der Waals surface area contributed by atoms with Gasteiger partial charge in [-0.25, -0.2) is 17.5 Å². The van der Waals surface area contributed by atoms with Crippen molar-refractivity contribution in [3.63, 3.8) is 0 Å². The molecule has 0 heterocycles. The summed E-state index contributed by atoms with van der Waals surface area (Å²) in [5, 5.41) is 0. The van der Waals surface area contributed by atoms with Crippen LogP contribution in [0.15, 0.2) is 23.1 Å². The number of benzene rings is 1. The summed E-state index contributed by atoms with van der Waals surface area (Å²) in [6.07, 6.45) is 5.66. The Kier molecular flexibility index (Phi) is 5.12. The zero-order valence-electron chi connectivity index (χ0n) is 11.4. The third kappa shape index (κ3) is 3.77. The van der Waals surface area contributed by atoms with E-state index >= 15 is 0 Å². The molecule has 3 N–H and O–H groups in total. The van der Waals surface area contributed by atoms with Crippen molar-refractivity contribution in [2.45, 2.75) is 43.5 Å². The monoisotopic (exact) mass is 300 g/mol. The van der Waals surface area contributed by atoms with Gasteiger partial charge in [0.1, 0.15) is 5.82 Å². The lowest BCUT2D eigenvalue weighted by molar-refractivity contribution is 0.495. The minimum absolute atomic E-state index is 0.0496. The second-order valence-corrected chi connectivity index (χ2v) is 7.03. The maximum Gasteiger partial charge on any atom is 0.240 e. The van der Waals surface area contributed by atoms with Gasteiger partial charge < -0.3 is 5.73 Å². The van der Waals surface area contributed by atoms with E-state index in [1.54, 1.807) is 0 Å². The molecule has 0 amide bonds. The van der Waals surface area contributed by atoms with Crippen LogP contribution in [0.4, 0.5) is 4.39 Å². The van der Waals surface area contributed by atoms with E-state index in [1.165, 1.54) is 37.8 Å². The van der Waals surface area contributed by atoms with E-state index in [0.29, 0.717) is 18.0 Å². The maximum atomic E-state index is 13.2. The molecule has 20 heavy (non-hydrogen) atoms. The van der Waals surface area contributed by atoms with Gasteiger partial charge in [-0.15, -0.1) is 0 Å². The summed E-state index contributed by atoms with van der Waals surface area (Å²) in [4.78, 5) is -0.0496. The van der Waals surface area contributed by atoms with Crippen LogP contribution in [-0.2, 0) is 16.6 Å². The van der Waals surface area contributed by atoms with Gasteiger partial charge in [0.15, 0.2) is 0 Å². The quantitative estimate of drug-likeness (QED) is 0.845. The lowest BCUT2D eigenvalue weighted by atomic mass is 10.1. The maximum absolute atomic E-state index is 13.2. The van der Waals surface area contributed by atoms with Gasteiger partial charge in [-0.1, -0.05) is 31.7 Å². The number of nitrogens with two attached hydrogens (primary N) is 1. The molecular weight excluding hydrogens is 279 g/mol. The molecule has 1 aliphatic rings. The predicted molar refractivity (Wildman–Crippen MR) is 76.1 cm³/mol. The van der Waals surface area contributed by atoms with E-state index in [0.717, 1.165) is 12.5 Å². The highest BCUT2D eigenvalue weighted by Crippen LogP contribution is 2.27. The first kappa shape index (κ1) is 15.4. The summed E-state index contributed by atoms with van der Waals surface area (Å²) in [6, 6.07) is 3.67. The minimum Gasteiger partial charge on any atom is -0.326 e. The summed E-state index contributed by atoms with van der Waals surface area (Å²) < 4.78 is 40.2. The van der Waals surface area contributed by atoms with Gasteiger partial charge in [0.05, 0.1) is 4.90 Å². The smallest absolute Gasteiger partial charge is 0.240 e. The van der Waals surface area contributed by atoms with E-state index in [2.05, 4.69) is 4.72 Å². The number of rotatable bonds is 6. The van der Waals surface area contributed by atoms with Crippen molar-refractivity contribution in [1.29, 1.82) is 0 Å². The van der Waals surface area contributed by atoms with Gasteiger partial charge in [0.2, 0.25) is 10.0 Å². The Hall–Kier alpha value is -0.980. The molecule has 1 aliphatic carbocycles. The molecular formula is C14H21FN2O2S. The first-order chi connectivity index (χ1) is 9.53. The SMILES string of the molecule is NCc1ccc(F)cc1S(=O)(=O)NCCC1CCCC1. The molecule has 0 unspecified atom stereocenters. The highest BCUT2D eigenvalue weighted by atomic mass is 32.2. The Morgan fingerprint density at radius 3 is 2.65 bits per heavy atom. The summed E-state index contributed by atoms with van der Waals surface area (Å²) in [5.74, 6) is 0.0394. The molecule has 1 aromatic carbocycles. The number of sulfonamides is 1. The standard InChI is InChI=1S/C14H21FN2O2S/c15-13-6-5-12(10-16)14(9-13)20(18,19)17-8-7-11-3-1-2-4-11/h5-6,9,11,17H,1-4,7-8,10,16H2. The zero-order chi connectivity index (χ0) is 14.6. The Labute approximate surface area is 119 Å². The Balaban J connectivity index is 2.03. The molecule has 1 fully saturated rings. The van der Waals surface area contributed by atoms with Crippen LogP contribution in [0.5, 0.6) is 0 Å². The third-order valence-electron chi connectivity index (χ3n) is 3.86. The lowest BCUT2D eigenvalue weighted by Gasteiger charge is -2.12. The first-order valence-electron chi connectivity index (χ1n) is 7.01. The van der Waals surface area contributed by atoms with Crippen molar-refractivity contribution in [2.75, 3.05) is 6.54 Å². The molecule has 1 aromatic rings. The highest BCUT2D eigenvalue weighted by Gasteiger charge is 2.20. The Morgan fingerprint density at radius 1 is 1.30 bits per heavy atom. The van der Waals surface area contributed by atoms with Crippen molar-refractivity contribution < 1.29 is 12.8 Å². The number of hydrogen-bond acceptors (Lipinski definition) is 3. The number of halogens is 1.